The Hall–Kier alpha value is -1.69. The van der Waals surface area contributed by atoms with Crippen LogP contribution in [0.2, 0.25) is 0 Å². The average molecular weight is 196 g/mol. The number of carboxylic acids is 1. The predicted molar refractivity (Wildman–Crippen MR) is 50.9 cm³/mol. The van der Waals surface area contributed by atoms with Crippen LogP contribution in [0.15, 0.2) is 12.4 Å². The fourth-order valence-electron chi connectivity index (χ4n) is 0.889. The van der Waals surface area contributed by atoms with Gasteiger partial charge < -0.3 is 15.7 Å². The van der Waals surface area contributed by atoms with Gasteiger partial charge in [0.25, 0.3) is 0 Å². The lowest BCUT2D eigenvalue weighted by molar-refractivity contribution is -0.135. The molecule has 1 heterocycles. The number of carboxylic acid groups (broad SMARTS) is 1. The molecular formula is C8H12N4O2. The van der Waals surface area contributed by atoms with Gasteiger partial charge >= 0.3 is 5.97 Å². The van der Waals surface area contributed by atoms with Crippen LogP contribution in [0.5, 0.6) is 0 Å². The summed E-state index contributed by atoms with van der Waals surface area (Å²) in [6, 6.07) is 0. The maximum absolute atomic E-state index is 10.2. The van der Waals surface area contributed by atoms with E-state index in [1.54, 1.807) is 19.4 Å². The molecule has 0 aromatic carbocycles. The van der Waals surface area contributed by atoms with Crippen molar-refractivity contribution in [2.45, 2.75) is 6.54 Å². The summed E-state index contributed by atoms with van der Waals surface area (Å²) in [5.41, 5.74) is 0.852. The number of aromatic nitrogens is 2. The summed E-state index contributed by atoms with van der Waals surface area (Å²) in [6.07, 6.45) is 3.29. The summed E-state index contributed by atoms with van der Waals surface area (Å²) in [5, 5.41) is 13.9. The molecule has 1 aromatic heterocycles. The summed E-state index contributed by atoms with van der Waals surface area (Å²) in [4.78, 5) is 18.2. The molecule has 76 valence electrons. The molecule has 6 nitrogen and oxygen atoms in total. The lowest BCUT2D eigenvalue weighted by Crippen LogP contribution is -2.22. The lowest BCUT2D eigenvalue weighted by atomic mass is 10.3. The number of nitrogens with zero attached hydrogens (tertiary/aromatic N) is 2. The molecule has 0 aliphatic rings. The second-order valence-corrected chi connectivity index (χ2v) is 2.66. The van der Waals surface area contributed by atoms with Crippen LogP contribution in [0.4, 0.5) is 5.95 Å². The number of hydrogen-bond donors (Lipinski definition) is 3. The summed E-state index contributed by atoms with van der Waals surface area (Å²) >= 11 is 0. The number of rotatable bonds is 5. The highest BCUT2D eigenvalue weighted by molar-refractivity contribution is 5.68. The minimum absolute atomic E-state index is 0.0617. The topological polar surface area (TPSA) is 87.1 Å². The van der Waals surface area contributed by atoms with E-state index in [0.717, 1.165) is 5.56 Å². The van der Waals surface area contributed by atoms with E-state index in [1.807, 2.05) is 0 Å². The first kappa shape index (κ1) is 10.4. The van der Waals surface area contributed by atoms with Gasteiger partial charge in [-0.1, -0.05) is 0 Å². The van der Waals surface area contributed by atoms with Gasteiger partial charge in [0, 0.05) is 31.5 Å². The van der Waals surface area contributed by atoms with Gasteiger partial charge in [-0.05, 0) is 0 Å². The van der Waals surface area contributed by atoms with E-state index in [2.05, 4.69) is 20.6 Å². The maximum atomic E-state index is 10.2. The minimum Gasteiger partial charge on any atom is -0.480 e. The monoisotopic (exact) mass is 196 g/mol. The first-order chi connectivity index (χ1) is 6.72. The van der Waals surface area contributed by atoms with Gasteiger partial charge in [0.15, 0.2) is 0 Å². The minimum atomic E-state index is -0.877. The van der Waals surface area contributed by atoms with Crippen molar-refractivity contribution in [1.82, 2.24) is 15.3 Å². The first-order valence-electron chi connectivity index (χ1n) is 4.13. The second kappa shape index (κ2) is 5.13. The molecular weight excluding hydrogens is 184 g/mol. The highest BCUT2D eigenvalue weighted by Crippen LogP contribution is 1.98. The molecule has 0 unspecified atom stereocenters. The summed E-state index contributed by atoms with van der Waals surface area (Å²) < 4.78 is 0. The molecule has 0 atom stereocenters. The number of carbonyl (C=O) groups is 1. The van der Waals surface area contributed by atoms with E-state index < -0.39 is 5.97 Å². The fraction of sp³-hybridized carbons (Fsp3) is 0.375. The molecule has 14 heavy (non-hydrogen) atoms. The Morgan fingerprint density at radius 2 is 2.14 bits per heavy atom. The van der Waals surface area contributed by atoms with E-state index in [0.29, 0.717) is 12.5 Å². The molecule has 1 rings (SSSR count). The van der Waals surface area contributed by atoms with Gasteiger partial charge in [0.1, 0.15) is 0 Å². The molecule has 0 radical (unpaired) electrons. The van der Waals surface area contributed by atoms with Crippen molar-refractivity contribution in [3.63, 3.8) is 0 Å². The highest BCUT2D eigenvalue weighted by atomic mass is 16.4. The SMILES string of the molecule is CNc1ncc(CNCC(=O)O)cn1. The molecule has 0 spiro atoms. The molecule has 0 saturated heterocycles. The Balaban J connectivity index is 2.40. The van der Waals surface area contributed by atoms with Gasteiger partial charge in [-0.2, -0.15) is 0 Å². The smallest absolute Gasteiger partial charge is 0.317 e. The van der Waals surface area contributed by atoms with Crippen molar-refractivity contribution in [3.8, 4) is 0 Å². The van der Waals surface area contributed by atoms with Gasteiger partial charge in [0.2, 0.25) is 5.95 Å². The van der Waals surface area contributed by atoms with Gasteiger partial charge in [0.05, 0.1) is 6.54 Å². The first-order valence-corrected chi connectivity index (χ1v) is 4.13. The zero-order valence-corrected chi connectivity index (χ0v) is 7.82. The Bertz CT molecular complexity index is 299. The molecule has 0 fully saturated rings. The van der Waals surface area contributed by atoms with Crippen molar-refractivity contribution < 1.29 is 9.90 Å². The van der Waals surface area contributed by atoms with Crippen molar-refractivity contribution >= 4 is 11.9 Å². The van der Waals surface area contributed by atoms with Crippen LogP contribution in [-0.2, 0) is 11.3 Å². The summed E-state index contributed by atoms with van der Waals surface area (Å²) in [5.74, 6) is -0.329. The molecule has 0 saturated carbocycles. The van der Waals surface area contributed by atoms with Crippen molar-refractivity contribution in [1.29, 1.82) is 0 Å². The van der Waals surface area contributed by atoms with E-state index in [1.165, 1.54) is 0 Å². The standard InChI is InChI=1S/C8H12N4O2/c1-9-8-11-3-6(4-12-8)2-10-5-7(13)14/h3-4,10H,2,5H2,1H3,(H,13,14)(H,9,11,12). The highest BCUT2D eigenvalue weighted by Gasteiger charge is 1.97. The zero-order chi connectivity index (χ0) is 10.4. The van der Waals surface area contributed by atoms with Crippen LogP contribution < -0.4 is 10.6 Å². The third kappa shape index (κ3) is 3.36. The maximum Gasteiger partial charge on any atom is 0.317 e. The normalized spacial score (nSPS) is 9.79. The molecule has 0 bridgehead atoms. The fourth-order valence-corrected chi connectivity index (χ4v) is 0.889. The van der Waals surface area contributed by atoms with E-state index in [4.69, 9.17) is 5.11 Å². The van der Waals surface area contributed by atoms with Crippen molar-refractivity contribution in [3.05, 3.63) is 18.0 Å². The van der Waals surface area contributed by atoms with Crippen LogP contribution in [0.3, 0.4) is 0 Å². The zero-order valence-electron chi connectivity index (χ0n) is 7.82. The van der Waals surface area contributed by atoms with E-state index in [9.17, 15) is 4.79 Å². The van der Waals surface area contributed by atoms with Crippen LogP contribution in [0.25, 0.3) is 0 Å². The molecule has 1 aromatic rings. The Kier molecular flexibility index (Phi) is 3.81. The van der Waals surface area contributed by atoms with Crippen LogP contribution >= 0.6 is 0 Å². The molecule has 0 amide bonds. The third-order valence-corrected chi connectivity index (χ3v) is 1.53. The number of aliphatic carboxylic acids is 1. The van der Waals surface area contributed by atoms with Gasteiger partial charge in [-0.25, -0.2) is 9.97 Å². The number of nitrogens with one attached hydrogen (secondary N) is 2. The number of hydrogen-bond acceptors (Lipinski definition) is 5. The van der Waals surface area contributed by atoms with Crippen LogP contribution in [0.1, 0.15) is 5.56 Å². The summed E-state index contributed by atoms with van der Waals surface area (Å²) in [7, 11) is 1.73. The Morgan fingerprint density at radius 3 is 2.64 bits per heavy atom. The van der Waals surface area contributed by atoms with Crippen LogP contribution in [-0.4, -0.2) is 34.6 Å². The molecule has 3 N–H and O–H groups in total. The van der Waals surface area contributed by atoms with Gasteiger partial charge in [-0.15, -0.1) is 0 Å². The second-order valence-electron chi connectivity index (χ2n) is 2.66. The molecule has 6 heteroatoms. The van der Waals surface area contributed by atoms with E-state index in [-0.39, 0.29) is 6.54 Å². The molecule has 0 aliphatic carbocycles. The lowest BCUT2D eigenvalue weighted by Gasteiger charge is -2.02. The van der Waals surface area contributed by atoms with Crippen molar-refractivity contribution in [2.24, 2.45) is 0 Å². The van der Waals surface area contributed by atoms with Crippen molar-refractivity contribution in [2.75, 3.05) is 18.9 Å². The third-order valence-electron chi connectivity index (χ3n) is 1.53. The molecule has 0 aliphatic heterocycles. The summed E-state index contributed by atoms with van der Waals surface area (Å²) in [6.45, 7) is 0.393. The van der Waals surface area contributed by atoms with E-state index >= 15 is 0 Å². The van der Waals surface area contributed by atoms with Gasteiger partial charge in [-0.3, -0.25) is 4.79 Å². The largest absolute Gasteiger partial charge is 0.480 e. The Labute approximate surface area is 81.4 Å². The quantitative estimate of drug-likeness (QED) is 0.599. The Morgan fingerprint density at radius 1 is 1.50 bits per heavy atom. The predicted octanol–water partition coefficient (Wildman–Crippen LogP) is -0.308. The number of anilines is 1. The van der Waals surface area contributed by atoms with Crippen LogP contribution in [0, 0.1) is 0 Å². The average Bonchev–Trinajstić information content (AvgIpc) is 2.18.